The lowest BCUT2D eigenvalue weighted by Gasteiger charge is -2.02. The molecule has 5 N–H and O–H groups in total. The Labute approximate surface area is 63.3 Å². The summed E-state index contributed by atoms with van der Waals surface area (Å²) in [5.74, 6) is 0.233. The summed E-state index contributed by atoms with van der Waals surface area (Å²) in [5.41, 5.74) is 10.5. The molecule has 0 saturated carbocycles. The van der Waals surface area contributed by atoms with Crippen LogP contribution >= 0.6 is 0 Å². The van der Waals surface area contributed by atoms with Crippen LogP contribution < -0.4 is 11.5 Å². The molecule has 0 bridgehead atoms. The van der Waals surface area contributed by atoms with E-state index >= 15 is 0 Å². The Bertz CT molecular complexity index is 241. The largest absolute Gasteiger partial charge is 0.385 e. The van der Waals surface area contributed by atoms with Gasteiger partial charge < -0.3 is 16.6 Å². The Hall–Kier alpha value is -1.43. The summed E-state index contributed by atoms with van der Waals surface area (Å²) < 4.78 is 0. The van der Waals surface area contributed by atoms with Crippen LogP contribution in [0.3, 0.4) is 0 Å². The van der Waals surface area contributed by atoms with Crippen LogP contribution in [0, 0.1) is 0 Å². The molecule has 0 saturated heterocycles. The van der Waals surface area contributed by atoms with E-state index in [4.69, 9.17) is 16.6 Å². The van der Waals surface area contributed by atoms with E-state index < -0.39 is 6.10 Å². The van der Waals surface area contributed by atoms with Gasteiger partial charge in [-0.05, 0) is 6.92 Å². The molecule has 1 heterocycles. The first-order valence-corrected chi connectivity index (χ1v) is 3.04. The van der Waals surface area contributed by atoms with Gasteiger partial charge in [0.25, 0.3) is 0 Å². The van der Waals surface area contributed by atoms with Gasteiger partial charge in [-0.15, -0.1) is 0 Å². The molecule has 1 atom stereocenters. The smallest absolute Gasteiger partial charge is 0.225 e. The first-order valence-electron chi connectivity index (χ1n) is 3.04. The zero-order valence-corrected chi connectivity index (χ0v) is 6.02. The molecule has 6 nitrogen and oxygen atoms in total. The van der Waals surface area contributed by atoms with Gasteiger partial charge in [-0.3, -0.25) is 0 Å². The highest BCUT2D eigenvalue weighted by atomic mass is 16.3. The van der Waals surface area contributed by atoms with E-state index in [0.29, 0.717) is 0 Å². The average Bonchev–Trinajstić information content (AvgIpc) is 1.85. The number of hydrogen-bond donors (Lipinski definition) is 3. The number of hydrogen-bond acceptors (Lipinski definition) is 6. The van der Waals surface area contributed by atoms with Crippen molar-refractivity contribution in [3.63, 3.8) is 0 Å². The molecule has 0 aliphatic rings. The highest BCUT2D eigenvalue weighted by Gasteiger charge is 2.06. The number of aromatic nitrogens is 3. The van der Waals surface area contributed by atoms with Crippen molar-refractivity contribution in [3.05, 3.63) is 5.82 Å². The van der Waals surface area contributed by atoms with Crippen LogP contribution in [0.2, 0.25) is 0 Å². The van der Waals surface area contributed by atoms with Gasteiger partial charge in [0.15, 0.2) is 5.82 Å². The number of aliphatic hydroxyl groups excluding tert-OH is 1. The van der Waals surface area contributed by atoms with Crippen LogP contribution in [0.1, 0.15) is 18.9 Å². The molecule has 1 aromatic heterocycles. The molecule has 0 radical (unpaired) electrons. The summed E-state index contributed by atoms with van der Waals surface area (Å²) in [6, 6.07) is 0. The minimum Gasteiger partial charge on any atom is -0.385 e. The Morgan fingerprint density at radius 2 is 1.64 bits per heavy atom. The number of nitrogen functional groups attached to an aromatic ring is 2. The van der Waals surface area contributed by atoms with Crippen LogP contribution in [0.25, 0.3) is 0 Å². The molecule has 6 heteroatoms. The van der Waals surface area contributed by atoms with Gasteiger partial charge in [0.1, 0.15) is 6.10 Å². The Kier molecular flexibility index (Phi) is 1.86. The van der Waals surface area contributed by atoms with Crippen molar-refractivity contribution >= 4 is 11.9 Å². The molecule has 11 heavy (non-hydrogen) atoms. The van der Waals surface area contributed by atoms with Gasteiger partial charge in [0.05, 0.1) is 0 Å². The summed E-state index contributed by atoms with van der Waals surface area (Å²) in [6.45, 7) is 1.52. The predicted octanol–water partition coefficient (Wildman–Crippen LogP) is -0.911. The quantitative estimate of drug-likeness (QED) is 0.484. The van der Waals surface area contributed by atoms with Crippen molar-refractivity contribution < 1.29 is 5.11 Å². The molecule has 0 amide bonds. The predicted molar refractivity (Wildman–Crippen MR) is 39.3 cm³/mol. The van der Waals surface area contributed by atoms with Gasteiger partial charge in [0.2, 0.25) is 11.9 Å². The summed E-state index contributed by atoms with van der Waals surface area (Å²) in [5, 5.41) is 9.01. The molecule has 60 valence electrons. The fraction of sp³-hybridized carbons (Fsp3) is 0.400. The molecular weight excluding hydrogens is 146 g/mol. The van der Waals surface area contributed by atoms with E-state index in [0.717, 1.165) is 0 Å². The van der Waals surface area contributed by atoms with Crippen molar-refractivity contribution in [3.8, 4) is 0 Å². The second-order valence-corrected chi connectivity index (χ2v) is 2.09. The van der Waals surface area contributed by atoms with Crippen molar-refractivity contribution in [1.29, 1.82) is 0 Å². The van der Waals surface area contributed by atoms with Gasteiger partial charge in [-0.25, -0.2) is 0 Å². The number of nitrogens with two attached hydrogens (primary N) is 2. The number of nitrogens with zero attached hydrogens (tertiary/aromatic N) is 3. The molecule has 0 aliphatic carbocycles. The van der Waals surface area contributed by atoms with E-state index in [-0.39, 0.29) is 17.7 Å². The monoisotopic (exact) mass is 155 g/mol. The minimum atomic E-state index is -0.775. The lowest BCUT2D eigenvalue weighted by atomic mass is 10.4. The number of rotatable bonds is 1. The second kappa shape index (κ2) is 2.67. The number of anilines is 2. The average molecular weight is 155 g/mol. The van der Waals surface area contributed by atoms with Gasteiger partial charge in [0, 0.05) is 0 Å². The molecule has 1 aromatic rings. The highest BCUT2D eigenvalue weighted by molar-refractivity contribution is 5.26. The Morgan fingerprint density at radius 1 is 1.18 bits per heavy atom. The van der Waals surface area contributed by atoms with Crippen molar-refractivity contribution in [2.24, 2.45) is 0 Å². The van der Waals surface area contributed by atoms with Crippen molar-refractivity contribution in [2.75, 3.05) is 11.5 Å². The van der Waals surface area contributed by atoms with E-state index in [2.05, 4.69) is 15.0 Å². The molecular formula is C5H9N5O. The third kappa shape index (κ3) is 1.74. The first kappa shape index (κ1) is 7.67. The van der Waals surface area contributed by atoms with E-state index in [1.165, 1.54) is 6.92 Å². The zero-order valence-electron chi connectivity index (χ0n) is 6.02. The molecule has 1 rings (SSSR count). The zero-order chi connectivity index (χ0) is 8.43. The summed E-state index contributed by atoms with van der Waals surface area (Å²) in [7, 11) is 0. The fourth-order valence-corrected chi connectivity index (χ4v) is 0.614. The topological polar surface area (TPSA) is 111 Å². The van der Waals surface area contributed by atoms with Gasteiger partial charge in [-0.2, -0.15) is 15.0 Å². The maximum absolute atomic E-state index is 9.01. The molecule has 0 fully saturated rings. The maximum atomic E-state index is 9.01. The van der Waals surface area contributed by atoms with Crippen LogP contribution in [-0.4, -0.2) is 20.1 Å². The third-order valence-electron chi connectivity index (χ3n) is 1.06. The van der Waals surface area contributed by atoms with Crippen LogP contribution in [-0.2, 0) is 0 Å². The van der Waals surface area contributed by atoms with Crippen LogP contribution in [0.4, 0.5) is 11.9 Å². The highest BCUT2D eigenvalue weighted by Crippen LogP contribution is 2.07. The number of aliphatic hydroxyl groups is 1. The SMILES string of the molecule is C[C@H](O)c1nc(N)nc(N)n1. The Morgan fingerprint density at radius 3 is 2.00 bits per heavy atom. The third-order valence-corrected chi connectivity index (χ3v) is 1.06. The molecule has 0 unspecified atom stereocenters. The van der Waals surface area contributed by atoms with Crippen molar-refractivity contribution in [1.82, 2.24) is 15.0 Å². The molecule has 0 aliphatic heterocycles. The molecule has 0 aromatic carbocycles. The van der Waals surface area contributed by atoms with E-state index in [1.807, 2.05) is 0 Å². The second-order valence-electron chi connectivity index (χ2n) is 2.09. The Balaban J connectivity index is 3.08. The van der Waals surface area contributed by atoms with Crippen molar-refractivity contribution in [2.45, 2.75) is 13.0 Å². The first-order chi connectivity index (χ1) is 5.09. The summed E-state index contributed by atoms with van der Waals surface area (Å²) in [4.78, 5) is 10.9. The summed E-state index contributed by atoms with van der Waals surface area (Å²) in [6.07, 6.45) is -0.775. The maximum Gasteiger partial charge on any atom is 0.225 e. The van der Waals surface area contributed by atoms with E-state index in [9.17, 15) is 0 Å². The fourth-order valence-electron chi connectivity index (χ4n) is 0.614. The minimum absolute atomic E-state index is 0.0217. The van der Waals surface area contributed by atoms with Gasteiger partial charge >= 0.3 is 0 Å². The van der Waals surface area contributed by atoms with Crippen LogP contribution in [0.15, 0.2) is 0 Å². The lowest BCUT2D eigenvalue weighted by molar-refractivity contribution is 0.189. The standard InChI is InChI=1S/C5H9N5O/c1-2(11)3-8-4(6)10-5(7)9-3/h2,11H,1H3,(H4,6,7,8,9,10)/t2-/m0/s1. The van der Waals surface area contributed by atoms with Gasteiger partial charge in [-0.1, -0.05) is 0 Å². The molecule has 0 spiro atoms. The summed E-state index contributed by atoms with van der Waals surface area (Å²) >= 11 is 0. The van der Waals surface area contributed by atoms with E-state index in [1.54, 1.807) is 0 Å². The van der Waals surface area contributed by atoms with Crippen LogP contribution in [0.5, 0.6) is 0 Å². The normalized spacial score (nSPS) is 12.9. The lowest BCUT2D eigenvalue weighted by Crippen LogP contribution is -2.08.